The predicted molar refractivity (Wildman–Crippen MR) is 77.1 cm³/mol. The Hall–Kier alpha value is -1.67. The Labute approximate surface area is 117 Å². The van der Waals surface area contributed by atoms with Gasteiger partial charge in [-0.2, -0.15) is 0 Å². The van der Waals surface area contributed by atoms with Crippen LogP contribution in [0.1, 0.15) is 12.8 Å². The summed E-state index contributed by atoms with van der Waals surface area (Å²) in [6.07, 6.45) is 6.15. The van der Waals surface area contributed by atoms with Gasteiger partial charge in [-0.3, -0.25) is 0 Å². The van der Waals surface area contributed by atoms with Gasteiger partial charge in [0, 0.05) is 25.3 Å². The van der Waals surface area contributed by atoms with Crippen molar-refractivity contribution in [1.82, 2.24) is 19.7 Å². The molecule has 2 aromatic rings. The fourth-order valence-electron chi connectivity index (χ4n) is 2.62. The number of nitrogens with zero attached hydrogens (tertiary/aromatic N) is 3. The first-order valence-electron chi connectivity index (χ1n) is 6.42. The van der Waals surface area contributed by atoms with E-state index in [1.54, 1.807) is 0 Å². The molecule has 8 heteroatoms. The minimum absolute atomic E-state index is 0.0287. The molecule has 7 nitrogen and oxygen atoms in total. The third-order valence-electron chi connectivity index (χ3n) is 3.71. The molecule has 0 aliphatic heterocycles. The summed E-state index contributed by atoms with van der Waals surface area (Å²) in [4.78, 5) is 13.7. The highest BCUT2D eigenvalue weighted by molar-refractivity contribution is 7.88. The van der Waals surface area contributed by atoms with Crippen LogP contribution in [0, 0.1) is 0 Å². The topological polar surface area (TPSA) is 91.0 Å². The lowest BCUT2D eigenvalue weighted by atomic mass is 9.86. The zero-order valence-corrected chi connectivity index (χ0v) is 12.2. The van der Waals surface area contributed by atoms with Gasteiger partial charge >= 0.3 is 0 Å². The van der Waals surface area contributed by atoms with Crippen molar-refractivity contribution < 1.29 is 8.42 Å². The standard InChI is InChI=1S/C12H17N5O2S/c1-17(9-5-8(6-9)16-20(2,18)19)12-10-3-4-13-11(10)14-7-15-12/h3-4,7-9,16H,5-6H2,1-2H3,(H,13,14,15). The van der Waals surface area contributed by atoms with Gasteiger partial charge in [0.05, 0.1) is 11.6 Å². The first kappa shape index (κ1) is 13.3. The summed E-state index contributed by atoms with van der Waals surface area (Å²) in [5.41, 5.74) is 0.812. The molecular formula is C12H17N5O2S. The van der Waals surface area contributed by atoms with Gasteiger partial charge < -0.3 is 9.88 Å². The monoisotopic (exact) mass is 295 g/mol. The van der Waals surface area contributed by atoms with Crippen LogP contribution in [-0.2, 0) is 10.0 Å². The molecule has 20 heavy (non-hydrogen) atoms. The number of aromatic nitrogens is 3. The van der Waals surface area contributed by atoms with E-state index in [1.807, 2.05) is 19.3 Å². The number of hydrogen-bond acceptors (Lipinski definition) is 5. The fraction of sp³-hybridized carbons (Fsp3) is 0.500. The summed E-state index contributed by atoms with van der Waals surface area (Å²) < 4.78 is 25.0. The fourth-order valence-corrected chi connectivity index (χ4v) is 3.41. The molecule has 1 aliphatic rings. The van der Waals surface area contributed by atoms with E-state index >= 15 is 0 Å². The van der Waals surface area contributed by atoms with Crippen LogP contribution in [-0.4, -0.2) is 48.8 Å². The number of rotatable bonds is 4. The van der Waals surface area contributed by atoms with Crippen molar-refractivity contribution in [2.24, 2.45) is 0 Å². The van der Waals surface area contributed by atoms with Gasteiger partial charge in [-0.15, -0.1) is 0 Å². The number of anilines is 1. The van der Waals surface area contributed by atoms with Crippen molar-refractivity contribution in [3.05, 3.63) is 18.6 Å². The lowest BCUT2D eigenvalue weighted by Crippen LogP contribution is -2.53. The van der Waals surface area contributed by atoms with E-state index in [9.17, 15) is 8.42 Å². The van der Waals surface area contributed by atoms with Crippen LogP contribution in [0.5, 0.6) is 0 Å². The van der Waals surface area contributed by atoms with E-state index in [0.717, 1.165) is 29.7 Å². The molecule has 2 aromatic heterocycles. The Kier molecular flexibility index (Phi) is 3.14. The second-order valence-electron chi connectivity index (χ2n) is 5.26. The Bertz CT molecular complexity index is 720. The molecule has 0 amide bonds. The smallest absolute Gasteiger partial charge is 0.208 e. The highest BCUT2D eigenvalue weighted by Gasteiger charge is 2.34. The Morgan fingerprint density at radius 3 is 2.85 bits per heavy atom. The first-order valence-corrected chi connectivity index (χ1v) is 8.31. The van der Waals surface area contributed by atoms with Gasteiger partial charge in [0.25, 0.3) is 0 Å². The summed E-state index contributed by atoms with van der Waals surface area (Å²) in [5.74, 6) is 0.874. The van der Waals surface area contributed by atoms with Crippen LogP contribution in [0.4, 0.5) is 5.82 Å². The Morgan fingerprint density at radius 2 is 2.15 bits per heavy atom. The number of H-pyrrole nitrogens is 1. The van der Waals surface area contributed by atoms with Crippen LogP contribution >= 0.6 is 0 Å². The maximum Gasteiger partial charge on any atom is 0.208 e. The number of hydrogen-bond donors (Lipinski definition) is 2. The quantitative estimate of drug-likeness (QED) is 0.856. The molecule has 0 radical (unpaired) electrons. The van der Waals surface area contributed by atoms with E-state index in [0.29, 0.717) is 6.04 Å². The highest BCUT2D eigenvalue weighted by Crippen LogP contribution is 2.31. The maximum absolute atomic E-state index is 11.2. The van der Waals surface area contributed by atoms with Gasteiger partial charge in [-0.1, -0.05) is 0 Å². The second-order valence-corrected chi connectivity index (χ2v) is 7.04. The molecule has 108 valence electrons. The summed E-state index contributed by atoms with van der Waals surface area (Å²) in [6.45, 7) is 0. The van der Waals surface area contributed by atoms with E-state index < -0.39 is 10.0 Å². The van der Waals surface area contributed by atoms with Crippen molar-refractivity contribution in [2.75, 3.05) is 18.2 Å². The summed E-state index contributed by atoms with van der Waals surface area (Å²) >= 11 is 0. The lowest BCUT2D eigenvalue weighted by Gasteiger charge is -2.41. The molecule has 1 aliphatic carbocycles. The molecule has 0 spiro atoms. The van der Waals surface area contributed by atoms with E-state index in [4.69, 9.17) is 0 Å². The number of aromatic amines is 1. The largest absolute Gasteiger partial charge is 0.356 e. The van der Waals surface area contributed by atoms with Crippen LogP contribution < -0.4 is 9.62 Å². The normalized spacial score (nSPS) is 22.7. The van der Waals surface area contributed by atoms with Gasteiger partial charge in [0.1, 0.15) is 17.8 Å². The summed E-state index contributed by atoms with van der Waals surface area (Å²) in [6, 6.07) is 2.27. The minimum Gasteiger partial charge on any atom is -0.356 e. The Morgan fingerprint density at radius 1 is 1.40 bits per heavy atom. The predicted octanol–water partition coefficient (Wildman–Crippen LogP) is 0.474. The van der Waals surface area contributed by atoms with E-state index in [1.165, 1.54) is 12.6 Å². The molecule has 1 saturated carbocycles. The molecule has 0 saturated heterocycles. The Balaban J connectivity index is 1.72. The van der Waals surface area contributed by atoms with Crippen LogP contribution in [0.3, 0.4) is 0 Å². The van der Waals surface area contributed by atoms with Gasteiger partial charge in [-0.25, -0.2) is 23.1 Å². The van der Waals surface area contributed by atoms with Crippen molar-refractivity contribution in [2.45, 2.75) is 24.9 Å². The summed E-state index contributed by atoms with van der Waals surface area (Å²) in [5, 5.41) is 0.981. The zero-order chi connectivity index (χ0) is 14.3. The third kappa shape index (κ3) is 2.48. The lowest BCUT2D eigenvalue weighted by molar-refractivity contribution is 0.317. The first-order chi connectivity index (χ1) is 9.44. The van der Waals surface area contributed by atoms with Crippen molar-refractivity contribution >= 4 is 26.9 Å². The molecule has 0 unspecified atom stereocenters. The van der Waals surface area contributed by atoms with Crippen molar-refractivity contribution in [1.29, 1.82) is 0 Å². The number of fused-ring (bicyclic) bond motifs is 1. The molecule has 0 bridgehead atoms. The highest BCUT2D eigenvalue weighted by atomic mass is 32.2. The number of nitrogens with one attached hydrogen (secondary N) is 2. The molecular weight excluding hydrogens is 278 g/mol. The SMILES string of the molecule is CN(c1ncnc2[nH]ccc12)C1CC(NS(C)(=O)=O)C1. The second kappa shape index (κ2) is 4.71. The molecule has 3 rings (SSSR count). The van der Waals surface area contributed by atoms with Crippen LogP contribution in [0.2, 0.25) is 0 Å². The van der Waals surface area contributed by atoms with Crippen LogP contribution in [0.25, 0.3) is 11.0 Å². The van der Waals surface area contributed by atoms with Crippen molar-refractivity contribution in [3.63, 3.8) is 0 Å². The molecule has 2 heterocycles. The molecule has 2 N–H and O–H groups in total. The van der Waals surface area contributed by atoms with Gasteiger partial charge in [0.2, 0.25) is 10.0 Å². The average Bonchev–Trinajstić information content (AvgIpc) is 2.79. The van der Waals surface area contributed by atoms with E-state index in [-0.39, 0.29) is 6.04 Å². The summed E-state index contributed by atoms with van der Waals surface area (Å²) in [7, 11) is -1.14. The van der Waals surface area contributed by atoms with E-state index in [2.05, 4.69) is 24.6 Å². The molecule has 0 aromatic carbocycles. The van der Waals surface area contributed by atoms with Crippen molar-refractivity contribution in [3.8, 4) is 0 Å². The molecule has 0 atom stereocenters. The molecule has 1 fully saturated rings. The maximum atomic E-state index is 11.2. The number of sulfonamides is 1. The average molecular weight is 295 g/mol. The minimum atomic E-state index is -3.12. The van der Waals surface area contributed by atoms with Gasteiger partial charge in [-0.05, 0) is 18.9 Å². The zero-order valence-electron chi connectivity index (χ0n) is 11.4. The van der Waals surface area contributed by atoms with Gasteiger partial charge in [0.15, 0.2) is 0 Å². The van der Waals surface area contributed by atoms with Crippen LogP contribution in [0.15, 0.2) is 18.6 Å². The third-order valence-corrected chi connectivity index (χ3v) is 4.47.